The summed E-state index contributed by atoms with van der Waals surface area (Å²) in [5.41, 5.74) is 1.63. The standard InChI is InChI=1S/C15H12ClFN2O/c16-11-5-3-4-10(15(11)17)8-13(20)12-9-19-7-2-1-6-14(19)18-12/h1-7,9,13,20H,8H2. The van der Waals surface area contributed by atoms with Gasteiger partial charge in [0.15, 0.2) is 0 Å². The van der Waals surface area contributed by atoms with E-state index in [1.807, 2.05) is 28.8 Å². The van der Waals surface area contributed by atoms with Crippen LogP contribution in [0.15, 0.2) is 48.8 Å². The van der Waals surface area contributed by atoms with Crippen LogP contribution in [-0.4, -0.2) is 14.5 Å². The Balaban J connectivity index is 1.89. The topological polar surface area (TPSA) is 37.5 Å². The van der Waals surface area contributed by atoms with E-state index in [2.05, 4.69) is 4.98 Å². The van der Waals surface area contributed by atoms with Gasteiger partial charge in [-0.3, -0.25) is 0 Å². The molecule has 3 rings (SSSR count). The van der Waals surface area contributed by atoms with E-state index in [0.29, 0.717) is 11.3 Å². The summed E-state index contributed by atoms with van der Waals surface area (Å²) in [6.45, 7) is 0. The van der Waals surface area contributed by atoms with E-state index in [9.17, 15) is 9.50 Å². The number of fused-ring (bicyclic) bond motifs is 1. The summed E-state index contributed by atoms with van der Waals surface area (Å²) in [7, 11) is 0. The molecule has 0 radical (unpaired) electrons. The van der Waals surface area contributed by atoms with Gasteiger partial charge in [0.1, 0.15) is 17.6 Å². The molecule has 0 saturated carbocycles. The van der Waals surface area contributed by atoms with Crippen LogP contribution in [0.2, 0.25) is 5.02 Å². The summed E-state index contributed by atoms with van der Waals surface area (Å²) >= 11 is 5.73. The zero-order valence-corrected chi connectivity index (χ0v) is 11.3. The van der Waals surface area contributed by atoms with Gasteiger partial charge in [-0.25, -0.2) is 9.37 Å². The molecule has 1 aromatic carbocycles. The van der Waals surface area contributed by atoms with Gasteiger partial charge >= 0.3 is 0 Å². The number of aliphatic hydroxyl groups excluding tert-OH is 1. The number of hydrogen-bond donors (Lipinski definition) is 1. The summed E-state index contributed by atoms with van der Waals surface area (Å²) in [6.07, 6.45) is 2.85. The van der Waals surface area contributed by atoms with Crippen molar-refractivity contribution >= 4 is 17.2 Å². The maximum absolute atomic E-state index is 13.8. The predicted octanol–water partition coefficient (Wildman–Crippen LogP) is 3.40. The number of nitrogens with zero attached hydrogens (tertiary/aromatic N) is 2. The molecule has 0 aliphatic carbocycles. The molecule has 0 aliphatic rings. The molecule has 0 saturated heterocycles. The fourth-order valence-corrected chi connectivity index (χ4v) is 2.33. The quantitative estimate of drug-likeness (QED) is 0.803. The lowest BCUT2D eigenvalue weighted by Crippen LogP contribution is -2.04. The average molecular weight is 291 g/mol. The fraction of sp³-hybridized carbons (Fsp3) is 0.133. The lowest BCUT2D eigenvalue weighted by atomic mass is 10.1. The van der Waals surface area contributed by atoms with E-state index < -0.39 is 11.9 Å². The first-order chi connectivity index (χ1) is 9.65. The Morgan fingerprint density at radius 1 is 1.25 bits per heavy atom. The highest BCUT2D eigenvalue weighted by molar-refractivity contribution is 6.30. The highest BCUT2D eigenvalue weighted by Gasteiger charge is 2.16. The van der Waals surface area contributed by atoms with E-state index in [1.54, 1.807) is 18.3 Å². The number of halogens is 2. The second-order valence-corrected chi connectivity index (χ2v) is 4.97. The van der Waals surface area contributed by atoms with Gasteiger partial charge in [-0.15, -0.1) is 0 Å². The Bertz CT molecular complexity index is 723. The minimum absolute atomic E-state index is 0.0599. The van der Waals surface area contributed by atoms with Crippen LogP contribution in [0, 0.1) is 5.82 Å². The van der Waals surface area contributed by atoms with Gasteiger partial charge in [-0.1, -0.05) is 29.8 Å². The lowest BCUT2D eigenvalue weighted by Gasteiger charge is -2.09. The van der Waals surface area contributed by atoms with Crippen molar-refractivity contribution in [3.8, 4) is 0 Å². The molecule has 5 heteroatoms. The Morgan fingerprint density at radius 2 is 2.10 bits per heavy atom. The summed E-state index contributed by atoms with van der Waals surface area (Å²) in [5, 5.41) is 10.3. The summed E-state index contributed by atoms with van der Waals surface area (Å²) in [5.74, 6) is -0.489. The molecule has 1 atom stereocenters. The molecule has 20 heavy (non-hydrogen) atoms. The van der Waals surface area contributed by atoms with E-state index >= 15 is 0 Å². The Hall–Kier alpha value is -1.91. The number of benzene rings is 1. The molecule has 102 valence electrons. The molecule has 3 nitrogen and oxygen atoms in total. The summed E-state index contributed by atoms with van der Waals surface area (Å²) in [6, 6.07) is 10.3. The summed E-state index contributed by atoms with van der Waals surface area (Å²) in [4.78, 5) is 4.32. The van der Waals surface area contributed by atoms with Crippen LogP contribution in [0.5, 0.6) is 0 Å². The molecule has 2 aromatic heterocycles. The van der Waals surface area contributed by atoms with Crippen LogP contribution < -0.4 is 0 Å². The second-order valence-electron chi connectivity index (χ2n) is 4.56. The predicted molar refractivity (Wildman–Crippen MR) is 75.3 cm³/mol. The third kappa shape index (κ3) is 2.40. The van der Waals surface area contributed by atoms with Crippen molar-refractivity contribution in [1.82, 2.24) is 9.38 Å². The maximum atomic E-state index is 13.8. The first kappa shape index (κ1) is 13.1. The largest absolute Gasteiger partial charge is 0.386 e. The van der Waals surface area contributed by atoms with E-state index in [1.165, 1.54) is 6.07 Å². The first-order valence-electron chi connectivity index (χ1n) is 6.20. The SMILES string of the molecule is OC(Cc1cccc(Cl)c1F)c1cn2ccccc2n1. The second kappa shape index (κ2) is 5.23. The molecule has 3 aromatic rings. The average Bonchev–Trinajstić information content (AvgIpc) is 2.88. The number of aromatic nitrogens is 2. The molecule has 0 amide bonds. The fourth-order valence-electron chi connectivity index (χ4n) is 2.13. The van der Waals surface area contributed by atoms with Gasteiger partial charge < -0.3 is 9.51 Å². The number of hydrogen-bond acceptors (Lipinski definition) is 2. The third-order valence-corrected chi connectivity index (χ3v) is 3.46. The van der Waals surface area contributed by atoms with Crippen LogP contribution in [0.3, 0.4) is 0 Å². The molecule has 0 fully saturated rings. The maximum Gasteiger partial charge on any atom is 0.145 e. The molecule has 1 N–H and O–H groups in total. The number of rotatable bonds is 3. The van der Waals surface area contributed by atoms with E-state index in [4.69, 9.17) is 11.6 Å². The van der Waals surface area contributed by atoms with Gasteiger partial charge in [0.25, 0.3) is 0 Å². The Morgan fingerprint density at radius 3 is 2.90 bits per heavy atom. The van der Waals surface area contributed by atoms with Crippen LogP contribution in [-0.2, 0) is 6.42 Å². The smallest absolute Gasteiger partial charge is 0.145 e. The third-order valence-electron chi connectivity index (χ3n) is 3.17. The van der Waals surface area contributed by atoms with E-state index in [0.717, 1.165) is 5.65 Å². The Labute approximate surface area is 120 Å². The van der Waals surface area contributed by atoms with Gasteiger partial charge in [-0.05, 0) is 23.8 Å². The number of imidazole rings is 1. The van der Waals surface area contributed by atoms with Crippen molar-refractivity contribution in [2.24, 2.45) is 0 Å². The van der Waals surface area contributed by atoms with Gasteiger partial charge in [-0.2, -0.15) is 0 Å². The normalized spacial score (nSPS) is 12.8. The first-order valence-corrected chi connectivity index (χ1v) is 6.57. The number of pyridine rings is 1. The lowest BCUT2D eigenvalue weighted by molar-refractivity contribution is 0.173. The molecule has 1 unspecified atom stereocenters. The van der Waals surface area contributed by atoms with Crippen LogP contribution >= 0.6 is 11.6 Å². The van der Waals surface area contributed by atoms with Gasteiger partial charge in [0.05, 0.1) is 10.7 Å². The van der Waals surface area contributed by atoms with Gasteiger partial charge in [0.2, 0.25) is 0 Å². The van der Waals surface area contributed by atoms with Crippen LogP contribution in [0.4, 0.5) is 4.39 Å². The number of aliphatic hydroxyl groups is 1. The van der Waals surface area contributed by atoms with Crippen LogP contribution in [0.1, 0.15) is 17.4 Å². The minimum atomic E-state index is -0.872. The molecular formula is C15H12ClFN2O. The van der Waals surface area contributed by atoms with Crippen molar-refractivity contribution in [2.45, 2.75) is 12.5 Å². The summed E-state index contributed by atoms with van der Waals surface area (Å²) < 4.78 is 15.6. The molecule has 0 bridgehead atoms. The zero-order valence-electron chi connectivity index (χ0n) is 10.5. The van der Waals surface area contributed by atoms with Crippen molar-refractivity contribution in [3.05, 3.63) is 70.9 Å². The van der Waals surface area contributed by atoms with Crippen molar-refractivity contribution in [3.63, 3.8) is 0 Å². The Kier molecular flexibility index (Phi) is 3.42. The highest BCUT2D eigenvalue weighted by atomic mass is 35.5. The van der Waals surface area contributed by atoms with Crippen molar-refractivity contribution in [2.75, 3.05) is 0 Å². The van der Waals surface area contributed by atoms with Crippen LogP contribution in [0.25, 0.3) is 5.65 Å². The monoisotopic (exact) mass is 290 g/mol. The molecule has 0 spiro atoms. The molecule has 2 heterocycles. The molecular weight excluding hydrogens is 279 g/mol. The van der Waals surface area contributed by atoms with Crippen molar-refractivity contribution < 1.29 is 9.50 Å². The highest BCUT2D eigenvalue weighted by Crippen LogP contribution is 2.23. The van der Waals surface area contributed by atoms with Crippen molar-refractivity contribution in [1.29, 1.82) is 0 Å². The molecule has 0 aliphatic heterocycles. The zero-order chi connectivity index (χ0) is 14.1. The minimum Gasteiger partial charge on any atom is -0.386 e. The van der Waals surface area contributed by atoms with E-state index in [-0.39, 0.29) is 11.4 Å². The van der Waals surface area contributed by atoms with Gasteiger partial charge in [0, 0.05) is 18.8 Å².